The van der Waals surface area contributed by atoms with Crippen LogP contribution < -0.4 is 9.47 Å². The molecule has 2 rings (SSSR count). The van der Waals surface area contributed by atoms with Crippen molar-refractivity contribution in [1.29, 1.82) is 0 Å². The standard InChI is InChI=1S/C16H23NO4/c1-11(17-8-4-5-12(10-17)16(18)19)14-7-6-13(20-2)9-15(14)21-3/h6-7,9,11-12H,4-5,8,10H2,1-3H3,(H,18,19). The van der Waals surface area contributed by atoms with E-state index in [1.54, 1.807) is 14.2 Å². The fourth-order valence-electron chi connectivity index (χ4n) is 2.92. The molecule has 0 aromatic heterocycles. The third-order valence-electron chi connectivity index (χ3n) is 4.24. The van der Waals surface area contributed by atoms with Gasteiger partial charge in [0, 0.05) is 24.2 Å². The van der Waals surface area contributed by atoms with Crippen molar-refractivity contribution in [2.75, 3.05) is 27.3 Å². The van der Waals surface area contributed by atoms with Crippen LogP contribution in [0.4, 0.5) is 0 Å². The number of carboxylic acid groups (broad SMARTS) is 1. The van der Waals surface area contributed by atoms with Crippen LogP contribution >= 0.6 is 0 Å². The Kier molecular flexibility index (Phi) is 5.07. The molecule has 116 valence electrons. The van der Waals surface area contributed by atoms with Gasteiger partial charge >= 0.3 is 5.97 Å². The highest BCUT2D eigenvalue weighted by atomic mass is 16.5. The van der Waals surface area contributed by atoms with Gasteiger partial charge in [0.2, 0.25) is 0 Å². The summed E-state index contributed by atoms with van der Waals surface area (Å²) < 4.78 is 10.7. The van der Waals surface area contributed by atoms with Gasteiger partial charge < -0.3 is 14.6 Å². The van der Waals surface area contributed by atoms with Gasteiger partial charge in [-0.15, -0.1) is 0 Å². The van der Waals surface area contributed by atoms with Crippen molar-refractivity contribution in [2.24, 2.45) is 5.92 Å². The maximum atomic E-state index is 11.2. The third kappa shape index (κ3) is 3.47. The monoisotopic (exact) mass is 293 g/mol. The van der Waals surface area contributed by atoms with Crippen LogP contribution in [0, 0.1) is 5.92 Å². The highest BCUT2D eigenvalue weighted by Gasteiger charge is 2.29. The van der Waals surface area contributed by atoms with Gasteiger partial charge in [-0.05, 0) is 32.4 Å². The molecule has 2 unspecified atom stereocenters. The first-order chi connectivity index (χ1) is 10.1. The van der Waals surface area contributed by atoms with E-state index in [-0.39, 0.29) is 12.0 Å². The molecule has 5 nitrogen and oxygen atoms in total. The summed E-state index contributed by atoms with van der Waals surface area (Å²) in [6, 6.07) is 5.89. The minimum Gasteiger partial charge on any atom is -0.497 e. The van der Waals surface area contributed by atoms with E-state index in [0.29, 0.717) is 6.54 Å². The number of piperidine rings is 1. The molecule has 0 amide bonds. The first-order valence-corrected chi connectivity index (χ1v) is 7.25. The molecule has 1 fully saturated rings. The van der Waals surface area contributed by atoms with Crippen LogP contribution in [-0.4, -0.2) is 43.3 Å². The molecule has 1 aliphatic heterocycles. The van der Waals surface area contributed by atoms with E-state index in [2.05, 4.69) is 11.8 Å². The van der Waals surface area contributed by atoms with Crippen LogP contribution in [0.5, 0.6) is 11.5 Å². The van der Waals surface area contributed by atoms with Crippen LogP contribution in [0.3, 0.4) is 0 Å². The van der Waals surface area contributed by atoms with Gasteiger partial charge in [0.1, 0.15) is 11.5 Å². The first kappa shape index (κ1) is 15.6. The van der Waals surface area contributed by atoms with Gasteiger partial charge in [0.25, 0.3) is 0 Å². The van der Waals surface area contributed by atoms with Gasteiger partial charge in [-0.25, -0.2) is 0 Å². The number of methoxy groups -OCH3 is 2. The Morgan fingerprint density at radius 2 is 2.14 bits per heavy atom. The second-order valence-electron chi connectivity index (χ2n) is 5.46. The van der Waals surface area contributed by atoms with Gasteiger partial charge in [-0.1, -0.05) is 6.07 Å². The average Bonchev–Trinajstić information content (AvgIpc) is 2.53. The summed E-state index contributed by atoms with van der Waals surface area (Å²) in [6.07, 6.45) is 1.68. The van der Waals surface area contributed by atoms with E-state index >= 15 is 0 Å². The Labute approximate surface area is 125 Å². The zero-order valence-electron chi connectivity index (χ0n) is 12.8. The lowest BCUT2D eigenvalue weighted by atomic mass is 9.95. The average molecular weight is 293 g/mol. The van der Waals surface area contributed by atoms with Crippen molar-refractivity contribution in [3.63, 3.8) is 0 Å². The molecule has 1 aromatic carbocycles. The number of hydrogen-bond acceptors (Lipinski definition) is 4. The van der Waals surface area contributed by atoms with Gasteiger partial charge in [-0.2, -0.15) is 0 Å². The SMILES string of the molecule is COc1ccc(C(C)N2CCCC(C(=O)O)C2)c(OC)c1. The lowest BCUT2D eigenvalue weighted by Crippen LogP contribution is -2.40. The van der Waals surface area contributed by atoms with Crippen molar-refractivity contribution in [3.05, 3.63) is 23.8 Å². The summed E-state index contributed by atoms with van der Waals surface area (Å²) in [7, 11) is 3.27. The molecule has 2 atom stereocenters. The molecule has 0 aliphatic carbocycles. The lowest BCUT2D eigenvalue weighted by molar-refractivity contribution is -0.143. The molecule has 1 aliphatic rings. The molecule has 1 aromatic rings. The number of benzene rings is 1. The molecule has 21 heavy (non-hydrogen) atoms. The summed E-state index contributed by atoms with van der Waals surface area (Å²) in [4.78, 5) is 13.4. The molecular formula is C16H23NO4. The van der Waals surface area contributed by atoms with E-state index < -0.39 is 5.97 Å². The number of ether oxygens (including phenoxy) is 2. The van der Waals surface area contributed by atoms with E-state index in [1.807, 2.05) is 18.2 Å². The molecule has 0 saturated carbocycles. The molecular weight excluding hydrogens is 270 g/mol. The molecule has 1 N–H and O–H groups in total. The van der Waals surface area contributed by atoms with Crippen molar-refractivity contribution < 1.29 is 19.4 Å². The van der Waals surface area contributed by atoms with Crippen LogP contribution in [0.2, 0.25) is 0 Å². The largest absolute Gasteiger partial charge is 0.497 e. The molecule has 0 spiro atoms. The smallest absolute Gasteiger partial charge is 0.307 e. The predicted molar refractivity (Wildman–Crippen MR) is 79.9 cm³/mol. The maximum Gasteiger partial charge on any atom is 0.307 e. The molecule has 0 bridgehead atoms. The minimum atomic E-state index is -0.700. The summed E-state index contributed by atoms with van der Waals surface area (Å²) in [5.74, 6) is 0.559. The predicted octanol–water partition coefficient (Wildman–Crippen LogP) is 2.56. The van der Waals surface area contributed by atoms with Crippen LogP contribution in [0.15, 0.2) is 18.2 Å². The first-order valence-electron chi connectivity index (χ1n) is 7.25. The number of likely N-dealkylation sites (tertiary alicyclic amines) is 1. The zero-order valence-corrected chi connectivity index (χ0v) is 12.8. The zero-order chi connectivity index (χ0) is 15.4. The fraction of sp³-hybridized carbons (Fsp3) is 0.562. The lowest BCUT2D eigenvalue weighted by Gasteiger charge is -2.36. The number of nitrogens with zero attached hydrogens (tertiary/aromatic N) is 1. The second kappa shape index (κ2) is 6.80. The Balaban J connectivity index is 2.19. The van der Waals surface area contributed by atoms with Gasteiger partial charge in [-0.3, -0.25) is 9.69 Å². The Hall–Kier alpha value is -1.75. The summed E-state index contributed by atoms with van der Waals surface area (Å²) in [6.45, 7) is 3.60. The Morgan fingerprint density at radius 3 is 2.76 bits per heavy atom. The summed E-state index contributed by atoms with van der Waals surface area (Å²) in [5, 5.41) is 9.21. The van der Waals surface area contributed by atoms with E-state index in [0.717, 1.165) is 36.4 Å². The van der Waals surface area contributed by atoms with Gasteiger partial charge in [0.05, 0.1) is 20.1 Å². The number of aliphatic carboxylic acids is 1. The van der Waals surface area contributed by atoms with Crippen LogP contribution in [0.25, 0.3) is 0 Å². The Morgan fingerprint density at radius 1 is 1.38 bits per heavy atom. The van der Waals surface area contributed by atoms with Gasteiger partial charge in [0.15, 0.2) is 0 Å². The topological polar surface area (TPSA) is 59.0 Å². The maximum absolute atomic E-state index is 11.2. The summed E-state index contributed by atoms with van der Waals surface area (Å²) in [5.41, 5.74) is 1.06. The van der Waals surface area contributed by atoms with Crippen LogP contribution in [-0.2, 0) is 4.79 Å². The van der Waals surface area contributed by atoms with Crippen LogP contribution in [0.1, 0.15) is 31.4 Å². The van der Waals surface area contributed by atoms with Crippen molar-refractivity contribution >= 4 is 5.97 Å². The van der Waals surface area contributed by atoms with Crippen molar-refractivity contribution in [3.8, 4) is 11.5 Å². The summed E-state index contributed by atoms with van der Waals surface area (Å²) >= 11 is 0. The van der Waals surface area contributed by atoms with Crippen molar-refractivity contribution in [1.82, 2.24) is 4.90 Å². The highest BCUT2D eigenvalue weighted by Crippen LogP contribution is 2.34. The second-order valence-corrected chi connectivity index (χ2v) is 5.46. The minimum absolute atomic E-state index is 0.119. The van der Waals surface area contributed by atoms with E-state index in [1.165, 1.54) is 0 Å². The van der Waals surface area contributed by atoms with Crippen molar-refractivity contribution in [2.45, 2.75) is 25.8 Å². The fourth-order valence-corrected chi connectivity index (χ4v) is 2.92. The molecule has 5 heteroatoms. The number of carbonyl (C=O) groups is 1. The third-order valence-corrected chi connectivity index (χ3v) is 4.24. The number of hydrogen-bond donors (Lipinski definition) is 1. The molecule has 1 saturated heterocycles. The number of carboxylic acids is 1. The van der Waals surface area contributed by atoms with E-state index in [4.69, 9.17) is 9.47 Å². The van der Waals surface area contributed by atoms with E-state index in [9.17, 15) is 9.90 Å². The number of rotatable bonds is 5. The Bertz CT molecular complexity index is 503. The quantitative estimate of drug-likeness (QED) is 0.904. The molecule has 0 radical (unpaired) electrons. The molecule has 1 heterocycles. The normalized spacial score (nSPS) is 20.8. The highest BCUT2D eigenvalue weighted by molar-refractivity contribution is 5.70.